The zero-order valence-corrected chi connectivity index (χ0v) is 11.7. The number of hydrogen-bond acceptors (Lipinski definition) is 4. The Labute approximate surface area is 108 Å². The molecule has 0 spiro atoms. The third kappa shape index (κ3) is 3.27. The summed E-state index contributed by atoms with van der Waals surface area (Å²) in [6, 6.07) is 0.524. The molecule has 0 aromatic carbocycles. The van der Waals surface area contributed by atoms with Gasteiger partial charge in [0.15, 0.2) is 0 Å². The van der Waals surface area contributed by atoms with Crippen LogP contribution in [-0.4, -0.2) is 31.3 Å². The Morgan fingerprint density at radius 1 is 1.65 bits per heavy atom. The van der Waals surface area contributed by atoms with E-state index in [0.29, 0.717) is 17.9 Å². The molecule has 0 saturated carbocycles. The predicted octanol–water partition coefficient (Wildman–Crippen LogP) is 2.25. The van der Waals surface area contributed by atoms with Crippen LogP contribution in [0.5, 0.6) is 0 Å². The van der Waals surface area contributed by atoms with Crippen LogP contribution in [-0.2, 0) is 11.2 Å². The van der Waals surface area contributed by atoms with E-state index in [9.17, 15) is 0 Å². The van der Waals surface area contributed by atoms with Gasteiger partial charge in [0.05, 0.1) is 10.7 Å². The summed E-state index contributed by atoms with van der Waals surface area (Å²) in [4.78, 5) is 4.57. The summed E-state index contributed by atoms with van der Waals surface area (Å²) in [5.74, 6) is 1.34. The van der Waals surface area contributed by atoms with Gasteiger partial charge in [-0.25, -0.2) is 4.98 Å². The second-order valence-electron chi connectivity index (χ2n) is 4.96. The molecule has 1 aliphatic heterocycles. The van der Waals surface area contributed by atoms with E-state index in [-0.39, 0.29) is 0 Å². The number of nitrogens with zero attached hydrogens (tertiary/aromatic N) is 1. The van der Waals surface area contributed by atoms with Crippen molar-refractivity contribution in [1.29, 1.82) is 0 Å². The lowest BCUT2D eigenvalue weighted by atomic mass is 9.82. The molecule has 2 heterocycles. The van der Waals surface area contributed by atoms with Crippen molar-refractivity contribution in [2.45, 2.75) is 32.7 Å². The van der Waals surface area contributed by atoms with Gasteiger partial charge < -0.3 is 10.1 Å². The van der Waals surface area contributed by atoms with Crippen molar-refractivity contribution in [1.82, 2.24) is 10.3 Å². The van der Waals surface area contributed by atoms with Crippen LogP contribution in [0.3, 0.4) is 0 Å². The zero-order chi connectivity index (χ0) is 12.3. The van der Waals surface area contributed by atoms with Crippen LogP contribution in [0.25, 0.3) is 0 Å². The van der Waals surface area contributed by atoms with E-state index < -0.39 is 0 Å². The van der Waals surface area contributed by atoms with E-state index in [4.69, 9.17) is 4.74 Å². The summed E-state index contributed by atoms with van der Waals surface area (Å²) >= 11 is 1.74. The highest BCUT2D eigenvalue weighted by Crippen LogP contribution is 2.26. The molecular formula is C13H22N2OS. The maximum absolute atomic E-state index is 5.52. The number of aromatic nitrogens is 1. The van der Waals surface area contributed by atoms with Gasteiger partial charge >= 0.3 is 0 Å². The Balaban J connectivity index is 2.00. The summed E-state index contributed by atoms with van der Waals surface area (Å²) < 4.78 is 5.52. The fourth-order valence-electron chi connectivity index (χ4n) is 2.69. The SMILES string of the molecule is CNC(Cc1csc(C)n1)C1CCOCC1C. The smallest absolute Gasteiger partial charge is 0.0897 e. The summed E-state index contributed by atoms with van der Waals surface area (Å²) in [6.07, 6.45) is 2.20. The number of hydrogen-bond donors (Lipinski definition) is 1. The fraction of sp³-hybridized carbons (Fsp3) is 0.769. The molecule has 3 nitrogen and oxygen atoms in total. The minimum Gasteiger partial charge on any atom is -0.381 e. The van der Waals surface area contributed by atoms with Crippen LogP contribution >= 0.6 is 11.3 Å². The molecule has 0 amide bonds. The summed E-state index contributed by atoms with van der Waals surface area (Å²) in [5.41, 5.74) is 1.23. The van der Waals surface area contributed by atoms with Gasteiger partial charge in [-0.05, 0) is 32.2 Å². The lowest BCUT2D eigenvalue weighted by Gasteiger charge is -2.35. The van der Waals surface area contributed by atoms with Gasteiger partial charge in [0.1, 0.15) is 0 Å². The van der Waals surface area contributed by atoms with E-state index in [2.05, 4.69) is 36.6 Å². The van der Waals surface area contributed by atoms with E-state index in [0.717, 1.165) is 31.1 Å². The van der Waals surface area contributed by atoms with Gasteiger partial charge in [0.25, 0.3) is 0 Å². The first kappa shape index (κ1) is 13.0. The van der Waals surface area contributed by atoms with E-state index >= 15 is 0 Å². The topological polar surface area (TPSA) is 34.2 Å². The molecule has 0 bridgehead atoms. The van der Waals surface area contributed by atoms with Gasteiger partial charge in [-0.15, -0.1) is 11.3 Å². The van der Waals surface area contributed by atoms with Gasteiger partial charge in [-0.2, -0.15) is 0 Å². The second kappa shape index (κ2) is 5.94. The predicted molar refractivity (Wildman–Crippen MR) is 71.5 cm³/mol. The molecular weight excluding hydrogens is 232 g/mol. The number of thiazole rings is 1. The zero-order valence-electron chi connectivity index (χ0n) is 10.9. The minimum absolute atomic E-state index is 0.524. The van der Waals surface area contributed by atoms with Gasteiger partial charge in [-0.3, -0.25) is 0 Å². The van der Waals surface area contributed by atoms with Crippen molar-refractivity contribution in [3.8, 4) is 0 Å². The number of rotatable bonds is 4. The van der Waals surface area contributed by atoms with Crippen LogP contribution in [0.2, 0.25) is 0 Å². The average molecular weight is 254 g/mol. The molecule has 17 heavy (non-hydrogen) atoms. The van der Waals surface area contributed by atoms with Crippen LogP contribution in [0.4, 0.5) is 0 Å². The van der Waals surface area contributed by atoms with Crippen LogP contribution < -0.4 is 5.32 Å². The van der Waals surface area contributed by atoms with Crippen molar-refractivity contribution in [2.75, 3.05) is 20.3 Å². The average Bonchev–Trinajstić information content (AvgIpc) is 2.73. The molecule has 2 rings (SSSR count). The molecule has 1 N–H and O–H groups in total. The Hall–Kier alpha value is -0.450. The quantitative estimate of drug-likeness (QED) is 0.895. The normalized spacial score (nSPS) is 27.0. The molecule has 1 aliphatic rings. The highest BCUT2D eigenvalue weighted by molar-refractivity contribution is 7.09. The van der Waals surface area contributed by atoms with Gasteiger partial charge in [0.2, 0.25) is 0 Å². The van der Waals surface area contributed by atoms with Crippen molar-refractivity contribution < 1.29 is 4.74 Å². The van der Waals surface area contributed by atoms with E-state index in [1.807, 2.05) is 0 Å². The Morgan fingerprint density at radius 3 is 3.06 bits per heavy atom. The summed E-state index contributed by atoms with van der Waals surface area (Å²) in [7, 11) is 2.06. The molecule has 1 aromatic heterocycles. The standard InChI is InChI=1S/C13H22N2OS/c1-9-7-16-5-4-12(9)13(14-3)6-11-8-17-10(2)15-11/h8-9,12-14H,4-7H2,1-3H3. The molecule has 1 aromatic rings. The summed E-state index contributed by atoms with van der Waals surface area (Å²) in [5, 5.41) is 6.82. The second-order valence-corrected chi connectivity index (χ2v) is 6.02. The maximum Gasteiger partial charge on any atom is 0.0897 e. The molecule has 4 heteroatoms. The van der Waals surface area contributed by atoms with Gasteiger partial charge in [0, 0.05) is 31.1 Å². The fourth-order valence-corrected chi connectivity index (χ4v) is 3.31. The molecule has 1 saturated heterocycles. The highest BCUT2D eigenvalue weighted by Gasteiger charge is 2.29. The van der Waals surface area contributed by atoms with Crippen LogP contribution in [0.1, 0.15) is 24.0 Å². The van der Waals surface area contributed by atoms with Crippen molar-refractivity contribution >= 4 is 11.3 Å². The maximum atomic E-state index is 5.52. The monoisotopic (exact) mass is 254 g/mol. The lowest BCUT2D eigenvalue weighted by Crippen LogP contribution is -2.42. The summed E-state index contributed by atoms with van der Waals surface area (Å²) in [6.45, 7) is 6.17. The molecule has 0 aliphatic carbocycles. The Kier molecular flexibility index (Phi) is 4.54. The Morgan fingerprint density at radius 2 is 2.47 bits per heavy atom. The minimum atomic E-state index is 0.524. The van der Waals surface area contributed by atoms with Gasteiger partial charge in [-0.1, -0.05) is 6.92 Å². The van der Waals surface area contributed by atoms with Crippen LogP contribution in [0.15, 0.2) is 5.38 Å². The number of likely N-dealkylation sites (N-methyl/N-ethyl adjacent to an activating group) is 1. The molecule has 96 valence electrons. The molecule has 3 unspecified atom stereocenters. The number of ether oxygens (including phenoxy) is 1. The first-order valence-corrected chi connectivity index (χ1v) is 7.24. The van der Waals surface area contributed by atoms with Crippen molar-refractivity contribution in [3.63, 3.8) is 0 Å². The number of aryl methyl sites for hydroxylation is 1. The molecule has 1 fully saturated rings. The lowest BCUT2D eigenvalue weighted by molar-refractivity contribution is 0.0118. The molecule has 3 atom stereocenters. The van der Waals surface area contributed by atoms with Crippen molar-refractivity contribution in [3.05, 3.63) is 16.1 Å². The van der Waals surface area contributed by atoms with Crippen molar-refractivity contribution in [2.24, 2.45) is 11.8 Å². The number of nitrogens with one attached hydrogen (secondary N) is 1. The first-order chi connectivity index (χ1) is 8.20. The third-order valence-corrected chi connectivity index (χ3v) is 4.51. The van der Waals surface area contributed by atoms with E-state index in [1.54, 1.807) is 11.3 Å². The van der Waals surface area contributed by atoms with E-state index in [1.165, 1.54) is 5.69 Å². The largest absolute Gasteiger partial charge is 0.381 e. The third-order valence-electron chi connectivity index (χ3n) is 3.69. The Bertz CT molecular complexity index is 353. The van der Waals surface area contributed by atoms with Crippen LogP contribution in [0, 0.1) is 18.8 Å². The molecule has 0 radical (unpaired) electrons. The first-order valence-electron chi connectivity index (χ1n) is 6.36. The highest BCUT2D eigenvalue weighted by atomic mass is 32.1.